The van der Waals surface area contributed by atoms with Crippen molar-refractivity contribution in [1.82, 2.24) is 14.9 Å². The highest BCUT2D eigenvalue weighted by Crippen LogP contribution is 2.24. The molecule has 8 nitrogen and oxygen atoms in total. The van der Waals surface area contributed by atoms with E-state index >= 15 is 0 Å². The smallest absolute Gasteiger partial charge is 0.341 e. The molecule has 2 aromatic heterocycles. The van der Waals surface area contributed by atoms with Crippen molar-refractivity contribution in [1.29, 1.82) is 0 Å². The SMILES string of the molecule is CCn1cc(C(=O)O)c(=O)c2cc(F)c(N3CCC(NC=O)C3)nc21. The van der Waals surface area contributed by atoms with Crippen LogP contribution in [0.1, 0.15) is 23.7 Å². The molecule has 3 rings (SSSR count). The number of nitrogens with one attached hydrogen (secondary N) is 1. The molecule has 2 N–H and O–H groups in total. The quantitative estimate of drug-likeness (QED) is 0.766. The minimum atomic E-state index is -1.36. The number of nitrogens with zero attached hydrogens (tertiary/aromatic N) is 3. The van der Waals surface area contributed by atoms with Crippen LogP contribution < -0.4 is 15.6 Å². The summed E-state index contributed by atoms with van der Waals surface area (Å²) in [7, 11) is 0. The van der Waals surface area contributed by atoms with Gasteiger partial charge in [0.1, 0.15) is 11.2 Å². The number of hydrogen-bond donors (Lipinski definition) is 2. The third-order valence-electron chi connectivity index (χ3n) is 4.35. The maximum absolute atomic E-state index is 14.5. The normalized spacial score (nSPS) is 17.0. The van der Waals surface area contributed by atoms with Crippen LogP contribution in [-0.4, -0.2) is 46.2 Å². The van der Waals surface area contributed by atoms with Crippen molar-refractivity contribution < 1.29 is 19.1 Å². The van der Waals surface area contributed by atoms with E-state index < -0.39 is 22.8 Å². The predicted molar refractivity (Wildman–Crippen MR) is 88.4 cm³/mol. The first-order chi connectivity index (χ1) is 12.0. The van der Waals surface area contributed by atoms with Crippen LogP contribution in [-0.2, 0) is 11.3 Å². The second-order valence-electron chi connectivity index (χ2n) is 5.84. The van der Waals surface area contributed by atoms with Crippen molar-refractivity contribution in [2.24, 2.45) is 0 Å². The lowest BCUT2D eigenvalue weighted by Gasteiger charge is -2.19. The Morgan fingerprint density at radius 3 is 2.96 bits per heavy atom. The Bertz CT molecular complexity index is 911. The van der Waals surface area contributed by atoms with Gasteiger partial charge in [-0.15, -0.1) is 0 Å². The number of halogens is 1. The van der Waals surface area contributed by atoms with Crippen LogP contribution in [0.15, 0.2) is 17.1 Å². The molecular formula is C16H17FN4O4. The first kappa shape index (κ1) is 16.9. The summed E-state index contributed by atoms with van der Waals surface area (Å²) in [5.74, 6) is -1.96. The van der Waals surface area contributed by atoms with Crippen LogP contribution in [0.4, 0.5) is 10.2 Å². The van der Waals surface area contributed by atoms with Gasteiger partial charge >= 0.3 is 5.97 Å². The van der Waals surface area contributed by atoms with Crippen molar-refractivity contribution in [3.8, 4) is 0 Å². The summed E-state index contributed by atoms with van der Waals surface area (Å²) in [5, 5.41) is 11.7. The molecule has 0 radical (unpaired) electrons. The van der Waals surface area contributed by atoms with E-state index in [1.807, 2.05) is 0 Å². The molecule has 0 spiro atoms. The van der Waals surface area contributed by atoms with Crippen molar-refractivity contribution in [3.05, 3.63) is 33.9 Å². The van der Waals surface area contributed by atoms with Gasteiger partial charge in [0.15, 0.2) is 11.6 Å². The van der Waals surface area contributed by atoms with Gasteiger partial charge in [0, 0.05) is 31.9 Å². The van der Waals surface area contributed by atoms with E-state index in [2.05, 4.69) is 10.3 Å². The minimum Gasteiger partial charge on any atom is -0.477 e. The molecule has 0 aliphatic carbocycles. The molecule has 1 aliphatic rings. The number of aromatic nitrogens is 2. The number of rotatable bonds is 5. The first-order valence-electron chi connectivity index (χ1n) is 7.87. The van der Waals surface area contributed by atoms with Gasteiger partial charge in [-0.3, -0.25) is 9.59 Å². The molecule has 1 fully saturated rings. The number of pyridine rings is 2. The fourth-order valence-electron chi connectivity index (χ4n) is 3.08. The van der Waals surface area contributed by atoms with E-state index in [-0.39, 0.29) is 22.9 Å². The highest BCUT2D eigenvalue weighted by atomic mass is 19.1. The summed E-state index contributed by atoms with van der Waals surface area (Å²) in [6, 6.07) is 0.955. The monoisotopic (exact) mass is 348 g/mol. The van der Waals surface area contributed by atoms with Gasteiger partial charge in [0.25, 0.3) is 0 Å². The number of carbonyl (C=O) groups is 2. The van der Waals surface area contributed by atoms with Crippen LogP contribution in [0.5, 0.6) is 0 Å². The van der Waals surface area contributed by atoms with Gasteiger partial charge in [-0.1, -0.05) is 0 Å². The molecule has 1 aliphatic heterocycles. The van der Waals surface area contributed by atoms with Crippen molar-refractivity contribution >= 4 is 29.2 Å². The summed E-state index contributed by atoms with van der Waals surface area (Å²) in [4.78, 5) is 40.1. The van der Waals surface area contributed by atoms with Gasteiger partial charge in [0.05, 0.1) is 5.39 Å². The standard InChI is InChI=1S/C16H17FN4O4/c1-2-20-7-11(16(24)25)13(23)10-5-12(17)15(19-14(10)20)21-4-3-9(6-21)18-8-22/h5,7-9H,2-4,6H2,1H3,(H,18,22)(H,24,25). The van der Waals surface area contributed by atoms with Crippen LogP contribution in [0, 0.1) is 5.82 Å². The lowest BCUT2D eigenvalue weighted by Crippen LogP contribution is -2.32. The lowest BCUT2D eigenvalue weighted by molar-refractivity contribution is -0.110. The van der Waals surface area contributed by atoms with Crippen molar-refractivity contribution in [2.75, 3.05) is 18.0 Å². The average Bonchev–Trinajstić information content (AvgIpc) is 3.03. The zero-order valence-corrected chi connectivity index (χ0v) is 13.5. The number of amides is 1. The molecule has 1 saturated heterocycles. The zero-order chi connectivity index (χ0) is 18.1. The van der Waals surface area contributed by atoms with E-state index in [9.17, 15) is 18.8 Å². The van der Waals surface area contributed by atoms with Gasteiger partial charge in [-0.25, -0.2) is 14.2 Å². The summed E-state index contributed by atoms with van der Waals surface area (Å²) >= 11 is 0. The maximum atomic E-state index is 14.5. The van der Waals surface area contributed by atoms with Gasteiger partial charge in [-0.2, -0.15) is 0 Å². The predicted octanol–water partition coefficient (Wildman–Crippen LogP) is 0.578. The van der Waals surface area contributed by atoms with Gasteiger partial charge < -0.3 is 19.9 Å². The Labute approximate surface area is 141 Å². The largest absolute Gasteiger partial charge is 0.477 e. The number of carbonyl (C=O) groups excluding carboxylic acids is 1. The van der Waals surface area contributed by atoms with Crippen LogP contribution in [0.3, 0.4) is 0 Å². The molecule has 1 unspecified atom stereocenters. The molecular weight excluding hydrogens is 331 g/mol. The zero-order valence-electron chi connectivity index (χ0n) is 13.5. The molecule has 3 heterocycles. The summed E-state index contributed by atoms with van der Waals surface area (Å²) in [6.07, 6.45) is 2.50. The second-order valence-corrected chi connectivity index (χ2v) is 5.84. The molecule has 0 bridgehead atoms. The van der Waals surface area contributed by atoms with E-state index in [0.29, 0.717) is 32.5 Å². The number of aromatic carboxylic acids is 1. The van der Waals surface area contributed by atoms with E-state index in [1.165, 1.54) is 10.8 Å². The fraction of sp³-hybridized carbons (Fsp3) is 0.375. The van der Waals surface area contributed by atoms with Crippen molar-refractivity contribution in [2.45, 2.75) is 25.9 Å². The Morgan fingerprint density at radius 2 is 2.32 bits per heavy atom. The number of aryl methyl sites for hydroxylation is 1. The fourth-order valence-corrected chi connectivity index (χ4v) is 3.08. The second kappa shape index (κ2) is 6.50. The van der Waals surface area contributed by atoms with Crippen LogP contribution in [0.2, 0.25) is 0 Å². The van der Waals surface area contributed by atoms with Crippen LogP contribution >= 0.6 is 0 Å². The molecule has 1 amide bonds. The van der Waals surface area contributed by atoms with E-state index in [4.69, 9.17) is 5.11 Å². The Kier molecular flexibility index (Phi) is 4.39. The molecule has 2 aromatic rings. The highest BCUT2D eigenvalue weighted by Gasteiger charge is 2.26. The lowest BCUT2D eigenvalue weighted by atomic mass is 10.2. The molecule has 0 saturated carbocycles. The van der Waals surface area contributed by atoms with E-state index in [1.54, 1.807) is 11.8 Å². The minimum absolute atomic E-state index is 0.0650. The molecule has 132 valence electrons. The molecule has 1 atom stereocenters. The topological polar surface area (TPSA) is 105 Å². The first-order valence-corrected chi connectivity index (χ1v) is 7.87. The van der Waals surface area contributed by atoms with E-state index in [0.717, 1.165) is 6.07 Å². The summed E-state index contributed by atoms with van der Waals surface area (Å²) < 4.78 is 16.1. The Morgan fingerprint density at radius 1 is 1.56 bits per heavy atom. The number of anilines is 1. The van der Waals surface area contributed by atoms with Crippen LogP contribution in [0.25, 0.3) is 11.0 Å². The molecule has 25 heavy (non-hydrogen) atoms. The molecule has 0 aromatic carbocycles. The van der Waals surface area contributed by atoms with Gasteiger partial charge in [0.2, 0.25) is 11.8 Å². The average molecular weight is 348 g/mol. The number of carboxylic acids is 1. The third-order valence-corrected chi connectivity index (χ3v) is 4.35. The Balaban J connectivity index is 2.13. The van der Waals surface area contributed by atoms with Gasteiger partial charge in [-0.05, 0) is 19.4 Å². The maximum Gasteiger partial charge on any atom is 0.341 e. The number of hydrogen-bond acceptors (Lipinski definition) is 5. The third kappa shape index (κ3) is 2.92. The summed E-state index contributed by atoms with van der Waals surface area (Å²) in [5.41, 5.74) is -0.938. The summed E-state index contributed by atoms with van der Waals surface area (Å²) in [6.45, 7) is 3.09. The number of carboxylic acid groups (broad SMARTS) is 1. The number of fused-ring (bicyclic) bond motifs is 1. The highest BCUT2D eigenvalue weighted by molar-refractivity contribution is 5.92. The van der Waals surface area contributed by atoms with Crippen molar-refractivity contribution in [3.63, 3.8) is 0 Å². The Hall–Kier alpha value is -2.97. The molecule has 9 heteroatoms.